The summed E-state index contributed by atoms with van der Waals surface area (Å²) < 4.78 is 31.6. The van der Waals surface area contributed by atoms with Gasteiger partial charge in [-0.1, -0.05) is 12.1 Å². The largest absolute Gasteiger partial charge is 0.497 e. The number of nitrogens with two attached hydrogens (primary N) is 1. The molecule has 0 aliphatic heterocycles. The summed E-state index contributed by atoms with van der Waals surface area (Å²) in [6.07, 6.45) is 0. The number of anilines is 1. The predicted octanol–water partition coefficient (Wildman–Crippen LogP) is 2.49. The first-order valence-electron chi connectivity index (χ1n) is 6.17. The van der Waals surface area contributed by atoms with E-state index in [9.17, 15) is 13.6 Å². The number of benzene rings is 2. The highest BCUT2D eigenvalue weighted by Crippen LogP contribution is 2.17. The van der Waals surface area contributed by atoms with E-state index in [1.807, 2.05) is 0 Å². The summed E-state index contributed by atoms with van der Waals surface area (Å²) in [6, 6.07) is 8.62. The van der Waals surface area contributed by atoms with Crippen LogP contribution in [0, 0.1) is 11.6 Å². The third kappa shape index (κ3) is 3.47. The smallest absolute Gasteiger partial charge is 0.254 e. The van der Waals surface area contributed by atoms with Crippen molar-refractivity contribution in [1.29, 1.82) is 0 Å². The summed E-state index contributed by atoms with van der Waals surface area (Å²) in [5.74, 6) is -1.80. The Morgan fingerprint density at radius 1 is 1.19 bits per heavy atom. The van der Waals surface area contributed by atoms with Crippen molar-refractivity contribution >= 4 is 11.6 Å². The molecule has 0 saturated carbocycles. The van der Waals surface area contributed by atoms with Crippen LogP contribution in [0.15, 0.2) is 36.4 Å². The lowest BCUT2D eigenvalue weighted by molar-refractivity contribution is 0.0947. The molecule has 0 atom stereocenters. The third-order valence-corrected chi connectivity index (χ3v) is 2.94. The number of amides is 1. The Kier molecular flexibility index (Phi) is 4.37. The van der Waals surface area contributed by atoms with Gasteiger partial charge < -0.3 is 15.8 Å². The lowest BCUT2D eigenvalue weighted by atomic mass is 10.1. The van der Waals surface area contributed by atoms with Crippen LogP contribution in [0.2, 0.25) is 0 Å². The molecule has 0 spiro atoms. The first-order chi connectivity index (χ1) is 10.0. The quantitative estimate of drug-likeness (QED) is 0.851. The maximum absolute atomic E-state index is 13.5. The van der Waals surface area contributed by atoms with Crippen molar-refractivity contribution in [2.75, 3.05) is 12.8 Å². The Morgan fingerprint density at radius 3 is 2.48 bits per heavy atom. The number of nitrogens with one attached hydrogen (secondary N) is 1. The second kappa shape index (κ2) is 6.21. The Morgan fingerprint density at radius 2 is 1.86 bits per heavy atom. The zero-order valence-electron chi connectivity index (χ0n) is 11.3. The number of hydrogen-bond donors (Lipinski definition) is 2. The molecule has 6 heteroatoms. The number of carbonyl (C=O) groups excluding carboxylic acids is 1. The molecule has 0 aromatic heterocycles. The zero-order valence-corrected chi connectivity index (χ0v) is 11.3. The van der Waals surface area contributed by atoms with E-state index in [4.69, 9.17) is 10.5 Å². The van der Waals surface area contributed by atoms with Gasteiger partial charge in [0.05, 0.1) is 18.4 Å². The molecule has 0 aliphatic rings. The first kappa shape index (κ1) is 14.8. The minimum absolute atomic E-state index is 0.208. The van der Waals surface area contributed by atoms with E-state index in [0.29, 0.717) is 11.8 Å². The third-order valence-electron chi connectivity index (χ3n) is 2.94. The number of nitrogen functional groups attached to an aromatic ring is 1. The molecule has 1 amide bonds. The maximum Gasteiger partial charge on any atom is 0.254 e. The molecular weight excluding hydrogens is 278 g/mol. The monoisotopic (exact) mass is 292 g/mol. The fraction of sp³-hybridized carbons (Fsp3) is 0.133. The molecule has 110 valence electrons. The molecule has 0 fully saturated rings. The summed E-state index contributed by atoms with van der Waals surface area (Å²) in [7, 11) is 1.55. The van der Waals surface area contributed by atoms with Crippen LogP contribution in [-0.4, -0.2) is 13.0 Å². The van der Waals surface area contributed by atoms with Gasteiger partial charge in [0.2, 0.25) is 0 Å². The summed E-state index contributed by atoms with van der Waals surface area (Å²) in [5, 5.41) is 2.54. The molecule has 0 heterocycles. The van der Waals surface area contributed by atoms with E-state index in [0.717, 1.165) is 11.6 Å². The highest BCUT2D eigenvalue weighted by atomic mass is 19.1. The normalized spacial score (nSPS) is 10.2. The van der Waals surface area contributed by atoms with Crippen molar-refractivity contribution in [3.05, 3.63) is 59.2 Å². The van der Waals surface area contributed by atoms with Gasteiger partial charge in [0.1, 0.15) is 17.4 Å². The summed E-state index contributed by atoms with van der Waals surface area (Å²) in [4.78, 5) is 11.9. The molecule has 0 unspecified atom stereocenters. The number of carbonyl (C=O) groups is 1. The van der Waals surface area contributed by atoms with E-state index in [-0.39, 0.29) is 17.8 Å². The number of ether oxygens (including phenoxy) is 1. The second-order valence-electron chi connectivity index (χ2n) is 4.38. The number of rotatable bonds is 4. The molecular formula is C15H14F2N2O2. The van der Waals surface area contributed by atoms with Crippen molar-refractivity contribution in [2.24, 2.45) is 0 Å². The molecule has 3 N–H and O–H groups in total. The fourth-order valence-corrected chi connectivity index (χ4v) is 1.76. The minimum atomic E-state index is -0.950. The van der Waals surface area contributed by atoms with Gasteiger partial charge in [-0.25, -0.2) is 8.78 Å². The van der Waals surface area contributed by atoms with Gasteiger partial charge in [-0.3, -0.25) is 4.79 Å². The standard InChI is InChI=1S/C15H14F2N2O2/c1-21-10-4-2-9(3-5-10)8-19-15(20)11-6-14(18)13(17)7-12(11)16/h2-7H,8,18H2,1H3,(H,19,20). The van der Waals surface area contributed by atoms with Crippen molar-refractivity contribution in [3.63, 3.8) is 0 Å². The van der Waals surface area contributed by atoms with E-state index in [1.165, 1.54) is 0 Å². The van der Waals surface area contributed by atoms with Gasteiger partial charge in [-0.2, -0.15) is 0 Å². The highest BCUT2D eigenvalue weighted by Gasteiger charge is 2.14. The van der Waals surface area contributed by atoms with Crippen LogP contribution >= 0.6 is 0 Å². The first-order valence-corrected chi connectivity index (χ1v) is 6.17. The summed E-state index contributed by atoms with van der Waals surface area (Å²) in [5.41, 5.74) is 5.59. The van der Waals surface area contributed by atoms with Crippen LogP contribution < -0.4 is 15.8 Å². The van der Waals surface area contributed by atoms with Crippen molar-refractivity contribution in [1.82, 2.24) is 5.32 Å². The Balaban J connectivity index is 2.06. The number of methoxy groups -OCH3 is 1. The summed E-state index contributed by atoms with van der Waals surface area (Å²) >= 11 is 0. The number of halogens is 2. The maximum atomic E-state index is 13.5. The molecule has 21 heavy (non-hydrogen) atoms. The Bertz CT molecular complexity index is 657. The minimum Gasteiger partial charge on any atom is -0.497 e. The van der Waals surface area contributed by atoms with Gasteiger partial charge in [-0.15, -0.1) is 0 Å². The van der Waals surface area contributed by atoms with Crippen LogP contribution in [0.3, 0.4) is 0 Å². The molecule has 2 rings (SSSR count). The molecule has 2 aromatic carbocycles. The molecule has 0 saturated heterocycles. The van der Waals surface area contributed by atoms with E-state index in [2.05, 4.69) is 5.32 Å². The lowest BCUT2D eigenvalue weighted by Gasteiger charge is -2.08. The number of hydrogen-bond acceptors (Lipinski definition) is 3. The fourth-order valence-electron chi connectivity index (χ4n) is 1.76. The van der Waals surface area contributed by atoms with Crippen LogP contribution in [0.25, 0.3) is 0 Å². The molecule has 4 nitrogen and oxygen atoms in total. The van der Waals surface area contributed by atoms with Crippen molar-refractivity contribution < 1.29 is 18.3 Å². The molecule has 0 bridgehead atoms. The van der Waals surface area contributed by atoms with Crippen LogP contribution in [-0.2, 0) is 6.54 Å². The predicted molar refractivity (Wildman–Crippen MR) is 74.9 cm³/mol. The van der Waals surface area contributed by atoms with Crippen LogP contribution in [0.1, 0.15) is 15.9 Å². The van der Waals surface area contributed by atoms with Crippen LogP contribution in [0.5, 0.6) is 5.75 Å². The van der Waals surface area contributed by atoms with Crippen molar-refractivity contribution in [3.8, 4) is 5.75 Å². The van der Waals surface area contributed by atoms with Gasteiger partial charge in [0.15, 0.2) is 0 Å². The van der Waals surface area contributed by atoms with Crippen molar-refractivity contribution in [2.45, 2.75) is 6.54 Å². The van der Waals surface area contributed by atoms with E-state index < -0.39 is 17.5 Å². The molecule has 2 aromatic rings. The lowest BCUT2D eigenvalue weighted by Crippen LogP contribution is -2.24. The molecule has 0 aliphatic carbocycles. The Labute approximate surface area is 120 Å². The average molecular weight is 292 g/mol. The second-order valence-corrected chi connectivity index (χ2v) is 4.38. The van der Waals surface area contributed by atoms with Gasteiger partial charge in [-0.05, 0) is 23.8 Å². The van der Waals surface area contributed by atoms with Crippen LogP contribution in [0.4, 0.5) is 14.5 Å². The van der Waals surface area contributed by atoms with Gasteiger partial charge in [0, 0.05) is 12.6 Å². The van der Waals surface area contributed by atoms with Gasteiger partial charge in [0.25, 0.3) is 5.91 Å². The topological polar surface area (TPSA) is 64.3 Å². The summed E-state index contributed by atoms with van der Waals surface area (Å²) in [6.45, 7) is 0.208. The zero-order chi connectivity index (χ0) is 15.4. The molecule has 0 radical (unpaired) electrons. The average Bonchev–Trinajstić information content (AvgIpc) is 2.49. The Hall–Kier alpha value is -2.63. The van der Waals surface area contributed by atoms with Gasteiger partial charge >= 0.3 is 0 Å². The van der Waals surface area contributed by atoms with E-state index >= 15 is 0 Å². The SMILES string of the molecule is COc1ccc(CNC(=O)c2cc(N)c(F)cc2F)cc1. The highest BCUT2D eigenvalue weighted by molar-refractivity contribution is 5.95. The van der Waals surface area contributed by atoms with E-state index in [1.54, 1.807) is 31.4 Å².